The number of carbonyl (C=O) groups is 1. The molecule has 21 heavy (non-hydrogen) atoms. The number of hydrogen-bond donors (Lipinski definition) is 1. The van der Waals surface area contributed by atoms with Crippen molar-refractivity contribution in [3.05, 3.63) is 53.8 Å². The molecule has 0 aliphatic heterocycles. The molecule has 0 bridgehead atoms. The van der Waals surface area contributed by atoms with Gasteiger partial charge in [-0.05, 0) is 29.3 Å². The van der Waals surface area contributed by atoms with Crippen molar-refractivity contribution in [3.63, 3.8) is 0 Å². The standard InChI is InChI=1S/C14H8F4O3/c15-11-3-1-2-10(12(11)13(19)20)8-4-6-9(7-5-8)21-14(16,17)18/h1-7H,(H,19,20). The molecular weight excluding hydrogens is 292 g/mol. The van der Waals surface area contributed by atoms with Gasteiger partial charge in [0.05, 0.1) is 0 Å². The van der Waals surface area contributed by atoms with E-state index in [1.54, 1.807) is 0 Å². The first-order chi connectivity index (χ1) is 9.78. The summed E-state index contributed by atoms with van der Waals surface area (Å²) in [6.07, 6.45) is -4.81. The third kappa shape index (κ3) is 3.50. The SMILES string of the molecule is O=C(O)c1c(F)cccc1-c1ccc(OC(F)(F)F)cc1. The van der Waals surface area contributed by atoms with Gasteiger partial charge in [0.1, 0.15) is 17.1 Å². The van der Waals surface area contributed by atoms with Gasteiger partial charge in [0.2, 0.25) is 0 Å². The van der Waals surface area contributed by atoms with Gasteiger partial charge in [-0.1, -0.05) is 24.3 Å². The predicted molar refractivity (Wildman–Crippen MR) is 65.5 cm³/mol. The lowest BCUT2D eigenvalue weighted by atomic mass is 9.99. The summed E-state index contributed by atoms with van der Waals surface area (Å²) in [5, 5.41) is 9.00. The Morgan fingerprint density at radius 3 is 2.19 bits per heavy atom. The van der Waals surface area contributed by atoms with Crippen LogP contribution in [0.25, 0.3) is 11.1 Å². The molecule has 0 atom stereocenters. The number of carboxylic acids is 1. The van der Waals surface area contributed by atoms with Crippen LogP contribution in [0, 0.1) is 5.82 Å². The second kappa shape index (κ2) is 5.43. The van der Waals surface area contributed by atoms with Crippen molar-refractivity contribution < 1.29 is 32.2 Å². The van der Waals surface area contributed by atoms with Crippen LogP contribution in [0.1, 0.15) is 10.4 Å². The highest BCUT2D eigenvalue weighted by Gasteiger charge is 2.31. The molecule has 0 heterocycles. The monoisotopic (exact) mass is 300 g/mol. The predicted octanol–water partition coefficient (Wildman–Crippen LogP) is 4.09. The first kappa shape index (κ1) is 14.8. The normalized spacial score (nSPS) is 11.2. The molecule has 0 saturated carbocycles. The van der Waals surface area contributed by atoms with E-state index in [9.17, 15) is 22.4 Å². The van der Waals surface area contributed by atoms with Gasteiger partial charge >= 0.3 is 12.3 Å². The minimum atomic E-state index is -4.81. The Labute approximate surface area is 116 Å². The number of rotatable bonds is 3. The molecule has 0 spiro atoms. The largest absolute Gasteiger partial charge is 0.573 e. The third-order valence-electron chi connectivity index (χ3n) is 2.63. The summed E-state index contributed by atoms with van der Waals surface area (Å²) in [5.74, 6) is -2.83. The Balaban J connectivity index is 2.40. The number of halogens is 4. The molecule has 2 aromatic rings. The summed E-state index contributed by atoms with van der Waals surface area (Å²) >= 11 is 0. The molecule has 2 rings (SSSR count). The summed E-state index contributed by atoms with van der Waals surface area (Å²) in [4.78, 5) is 11.1. The van der Waals surface area contributed by atoms with E-state index in [1.807, 2.05) is 0 Å². The number of benzene rings is 2. The Morgan fingerprint density at radius 2 is 1.67 bits per heavy atom. The van der Waals surface area contributed by atoms with Crippen LogP contribution in [0.4, 0.5) is 17.6 Å². The Bertz CT molecular complexity index is 663. The number of ether oxygens (including phenoxy) is 1. The molecule has 0 radical (unpaired) electrons. The van der Waals surface area contributed by atoms with Gasteiger partial charge in [-0.2, -0.15) is 0 Å². The maximum atomic E-state index is 13.5. The van der Waals surface area contributed by atoms with E-state index >= 15 is 0 Å². The third-order valence-corrected chi connectivity index (χ3v) is 2.63. The van der Waals surface area contributed by atoms with Gasteiger partial charge in [0.25, 0.3) is 0 Å². The zero-order valence-corrected chi connectivity index (χ0v) is 10.3. The van der Waals surface area contributed by atoms with Gasteiger partial charge in [-0.15, -0.1) is 13.2 Å². The van der Waals surface area contributed by atoms with E-state index in [2.05, 4.69) is 4.74 Å². The smallest absolute Gasteiger partial charge is 0.478 e. The van der Waals surface area contributed by atoms with E-state index in [0.29, 0.717) is 0 Å². The van der Waals surface area contributed by atoms with Crippen molar-refractivity contribution in [2.75, 3.05) is 0 Å². The number of hydrogen-bond acceptors (Lipinski definition) is 2. The molecule has 110 valence electrons. The lowest BCUT2D eigenvalue weighted by Crippen LogP contribution is -2.16. The van der Waals surface area contributed by atoms with Gasteiger partial charge in [-0.3, -0.25) is 0 Å². The topological polar surface area (TPSA) is 46.5 Å². The number of carboxylic acid groups (broad SMARTS) is 1. The highest BCUT2D eigenvalue weighted by molar-refractivity contribution is 5.96. The lowest BCUT2D eigenvalue weighted by Gasteiger charge is -2.10. The summed E-state index contributed by atoms with van der Waals surface area (Å²) < 4.78 is 53.4. The average molecular weight is 300 g/mol. The van der Waals surface area contributed by atoms with Gasteiger partial charge < -0.3 is 9.84 Å². The highest BCUT2D eigenvalue weighted by atomic mass is 19.4. The first-order valence-corrected chi connectivity index (χ1v) is 5.66. The van der Waals surface area contributed by atoms with E-state index in [4.69, 9.17) is 5.11 Å². The van der Waals surface area contributed by atoms with Gasteiger partial charge in [-0.25, -0.2) is 9.18 Å². The quantitative estimate of drug-likeness (QED) is 0.868. The summed E-state index contributed by atoms with van der Waals surface area (Å²) in [6, 6.07) is 8.18. The average Bonchev–Trinajstić information content (AvgIpc) is 2.37. The minimum Gasteiger partial charge on any atom is -0.478 e. The Morgan fingerprint density at radius 1 is 1.05 bits per heavy atom. The summed E-state index contributed by atoms with van der Waals surface area (Å²) in [5.41, 5.74) is -0.204. The van der Waals surface area contributed by atoms with Crippen LogP contribution in [0.15, 0.2) is 42.5 Å². The molecule has 3 nitrogen and oxygen atoms in total. The zero-order chi connectivity index (χ0) is 15.6. The highest BCUT2D eigenvalue weighted by Crippen LogP contribution is 2.29. The number of alkyl halides is 3. The van der Waals surface area contributed by atoms with Crippen LogP contribution < -0.4 is 4.74 Å². The van der Waals surface area contributed by atoms with E-state index < -0.39 is 29.5 Å². The molecule has 0 aliphatic carbocycles. The lowest BCUT2D eigenvalue weighted by molar-refractivity contribution is -0.274. The maximum Gasteiger partial charge on any atom is 0.573 e. The maximum absolute atomic E-state index is 13.5. The molecule has 0 unspecified atom stereocenters. The molecule has 0 fully saturated rings. The Hall–Kier alpha value is -2.57. The molecule has 1 N–H and O–H groups in total. The fourth-order valence-corrected chi connectivity index (χ4v) is 1.82. The fraction of sp³-hybridized carbons (Fsp3) is 0.0714. The second-order valence-corrected chi connectivity index (χ2v) is 4.04. The zero-order valence-electron chi connectivity index (χ0n) is 10.3. The molecule has 2 aromatic carbocycles. The van der Waals surface area contributed by atoms with E-state index in [1.165, 1.54) is 24.3 Å². The molecule has 0 amide bonds. The van der Waals surface area contributed by atoms with Crippen LogP contribution >= 0.6 is 0 Å². The molecule has 0 aliphatic rings. The molecule has 7 heteroatoms. The van der Waals surface area contributed by atoms with Crippen LogP contribution in [-0.2, 0) is 0 Å². The van der Waals surface area contributed by atoms with Crippen LogP contribution in [0.5, 0.6) is 5.75 Å². The Kier molecular flexibility index (Phi) is 3.84. The van der Waals surface area contributed by atoms with Gasteiger partial charge in [0.15, 0.2) is 0 Å². The van der Waals surface area contributed by atoms with Gasteiger partial charge in [0, 0.05) is 0 Å². The van der Waals surface area contributed by atoms with Crippen LogP contribution in [-0.4, -0.2) is 17.4 Å². The van der Waals surface area contributed by atoms with Crippen LogP contribution in [0.3, 0.4) is 0 Å². The minimum absolute atomic E-state index is 0.0704. The van der Waals surface area contributed by atoms with Crippen LogP contribution in [0.2, 0.25) is 0 Å². The fourth-order valence-electron chi connectivity index (χ4n) is 1.82. The summed E-state index contributed by atoms with van der Waals surface area (Å²) in [6.45, 7) is 0. The van der Waals surface area contributed by atoms with Crippen molar-refractivity contribution in [1.82, 2.24) is 0 Å². The van der Waals surface area contributed by atoms with E-state index in [-0.39, 0.29) is 11.1 Å². The molecular formula is C14H8F4O3. The van der Waals surface area contributed by atoms with Crippen molar-refractivity contribution >= 4 is 5.97 Å². The molecule has 0 aromatic heterocycles. The second-order valence-electron chi connectivity index (χ2n) is 4.04. The van der Waals surface area contributed by atoms with Crippen molar-refractivity contribution in [2.45, 2.75) is 6.36 Å². The van der Waals surface area contributed by atoms with Crippen molar-refractivity contribution in [2.24, 2.45) is 0 Å². The molecule has 0 saturated heterocycles. The number of aromatic carboxylic acids is 1. The summed E-state index contributed by atoms with van der Waals surface area (Å²) in [7, 11) is 0. The van der Waals surface area contributed by atoms with Crippen molar-refractivity contribution in [1.29, 1.82) is 0 Å². The van der Waals surface area contributed by atoms with Crippen molar-refractivity contribution in [3.8, 4) is 16.9 Å². The van der Waals surface area contributed by atoms with E-state index in [0.717, 1.165) is 18.2 Å². The first-order valence-electron chi connectivity index (χ1n) is 5.66.